The topological polar surface area (TPSA) is 92.3 Å². The van der Waals surface area contributed by atoms with Crippen LogP contribution in [-0.2, 0) is 4.79 Å². The lowest BCUT2D eigenvalue weighted by Crippen LogP contribution is -2.41. The van der Waals surface area contributed by atoms with E-state index in [-0.39, 0.29) is 0 Å². The predicted octanol–water partition coefficient (Wildman–Crippen LogP) is 3.51. The summed E-state index contributed by atoms with van der Waals surface area (Å²) in [6, 6.07) is 13.4. The number of hydrogen-bond acceptors (Lipinski definition) is 7. The van der Waals surface area contributed by atoms with Crippen molar-refractivity contribution in [3.8, 4) is 21.8 Å². The number of benzene rings is 1. The Morgan fingerprint density at radius 1 is 1.14 bits per heavy atom. The van der Waals surface area contributed by atoms with E-state index >= 15 is 0 Å². The maximum absolute atomic E-state index is 12.1. The number of carbonyl (C=O) groups excluding carboxylic acids is 1. The third-order valence-electron chi connectivity index (χ3n) is 5.12. The van der Waals surface area contributed by atoms with E-state index in [9.17, 15) is 9.90 Å². The van der Waals surface area contributed by atoms with Gasteiger partial charge in [0.05, 0.1) is 16.4 Å². The van der Waals surface area contributed by atoms with Gasteiger partial charge in [0.2, 0.25) is 5.91 Å². The molecule has 1 amide bonds. The zero-order chi connectivity index (χ0) is 20.0. The highest BCUT2D eigenvalue weighted by Gasteiger charge is 2.37. The minimum absolute atomic E-state index is 0.306. The van der Waals surface area contributed by atoms with Crippen molar-refractivity contribution in [1.82, 2.24) is 9.97 Å². The standard InChI is InChI=1S/C21H18N4O2S2/c22-18(27)15-9-13(26)10-25(15)20-17-14(12-5-2-1-3-6-12)11-29-21(17)24-19(23-20)16-7-4-8-28-16/h1-8,11,13,15,26H,9-10H2,(H2,22,27)/t13-,15+/m1/s1. The van der Waals surface area contributed by atoms with Gasteiger partial charge in [0.25, 0.3) is 0 Å². The number of carbonyl (C=O) groups is 1. The summed E-state index contributed by atoms with van der Waals surface area (Å²) < 4.78 is 0. The van der Waals surface area contributed by atoms with Crippen molar-refractivity contribution in [3.05, 3.63) is 53.2 Å². The summed E-state index contributed by atoms with van der Waals surface area (Å²) in [5.41, 5.74) is 7.73. The van der Waals surface area contributed by atoms with E-state index < -0.39 is 18.1 Å². The number of anilines is 1. The van der Waals surface area contributed by atoms with Crippen molar-refractivity contribution in [2.24, 2.45) is 5.73 Å². The van der Waals surface area contributed by atoms with E-state index in [4.69, 9.17) is 15.7 Å². The summed E-state index contributed by atoms with van der Waals surface area (Å²) in [5, 5.41) is 15.2. The predicted molar refractivity (Wildman–Crippen MR) is 117 cm³/mol. The van der Waals surface area contributed by atoms with Crippen molar-refractivity contribution >= 4 is 44.6 Å². The second-order valence-electron chi connectivity index (χ2n) is 7.00. The van der Waals surface area contributed by atoms with Crippen LogP contribution in [0.15, 0.2) is 53.2 Å². The molecule has 1 aliphatic heterocycles. The first-order valence-electron chi connectivity index (χ1n) is 9.24. The number of aliphatic hydroxyl groups excluding tert-OH is 1. The van der Waals surface area contributed by atoms with Gasteiger partial charge >= 0.3 is 0 Å². The molecule has 1 saturated heterocycles. The Morgan fingerprint density at radius 2 is 1.97 bits per heavy atom. The average molecular weight is 423 g/mol. The van der Waals surface area contributed by atoms with Crippen LogP contribution in [0, 0.1) is 0 Å². The third kappa shape index (κ3) is 3.19. The largest absolute Gasteiger partial charge is 0.391 e. The van der Waals surface area contributed by atoms with Gasteiger partial charge in [-0.2, -0.15) is 0 Å². The summed E-state index contributed by atoms with van der Waals surface area (Å²) in [4.78, 5) is 25.4. The molecule has 8 heteroatoms. The van der Waals surface area contributed by atoms with Crippen molar-refractivity contribution in [2.75, 3.05) is 11.4 Å². The summed E-state index contributed by atoms with van der Waals surface area (Å²) in [6.07, 6.45) is -0.318. The number of nitrogens with two attached hydrogens (primary N) is 1. The second-order valence-corrected chi connectivity index (χ2v) is 8.81. The number of aliphatic hydroxyl groups is 1. The molecule has 4 aromatic rings. The van der Waals surface area contributed by atoms with Gasteiger partial charge < -0.3 is 15.7 Å². The van der Waals surface area contributed by atoms with Crippen LogP contribution >= 0.6 is 22.7 Å². The molecule has 146 valence electrons. The van der Waals surface area contributed by atoms with Gasteiger partial charge in [0.1, 0.15) is 16.7 Å². The maximum Gasteiger partial charge on any atom is 0.240 e. The molecule has 0 spiro atoms. The van der Waals surface area contributed by atoms with Gasteiger partial charge in [-0.25, -0.2) is 9.97 Å². The Labute approximate surface area is 175 Å². The monoisotopic (exact) mass is 422 g/mol. The second kappa shape index (κ2) is 7.22. The van der Waals surface area contributed by atoms with Crippen LogP contribution in [0.4, 0.5) is 5.82 Å². The molecular formula is C21H18N4O2S2. The zero-order valence-electron chi connectivity index (χ0n) is 15.4. The Morgan fingerprint density at radius 3 is 2.69 bits per heavy atom. The number of aromatic nitrogens is 2. The van der Waals surface area contributed by atoms with Crippen LogP contribution in [0.2, 0.25) is 0 Å². The normalized spacial score (nSPS) is 19.1. The van der Waals surface area contributed by atoms with Crippen LogP contribution in [0.5, 0.6) is 0 Å². The molecule has 1 aromatic carbocycles. The van der Waals surface area contributed by atoms with Crippen LogP contribution in [-0.4, -0.2) is 39.7 Å². The van der Waals surface area contributed by atoms with E-state index in [2.05, 4.69) is 5.38 Å². The van der Waals surface area contributed by atoms with Crippen molar-refractivity contribution in [3.63, 3.8) is 0 Å². The molecule has 3 aromatic heterocycles. The van der Waals surface area contributed by atoms with E-state index in [0.29, 0.717) is 24.6 Å². The fraction of sp³-hybridized carbons (Fsp3) is 0.190. The van der Waals surface area contributed by atoms with Crippen molar-refractivity contribution < 1.29 is 9.90 Å². The fourth-order valence-corrected chi connectivity index (χ4v) is 5.39. The molecule has 0 aliphatic carbocycles. The first kappa shape index (κ1) is 18.2. The Bertz CT molecular complexity index is 1170. The zero-order valence-corrected chi connectivity index (χ0v) is 17.0. The molecule has 1 fully saturated rings. The first-order chi connectivity index (χ1) is 14.1. The number of amides is 1. The Balaban J connectivity index is 1.77. The highest BCUT2D eigenvalue weighted by Crippen LogP contribution is 2.41. The molecular weight excluding hydrogens is 404 g/mol. The quantitative estimate of drug-likeness (QED) is 0.525. The van der Waals surface area contributed by atoms with Gasteiger partial charge in [-0.15, -0.1) is 22.7 Å². The lowest BCUT2D eigenvalue weighted by atomic mass is 10.1. The maximum atomic E-state index is 12.1. The van der Waals surface area contributed by atoms with Gasteiger partial charge in [-0.1, -0.05) is 36.4 Å². The molecule has 0 bridgehead atoms. The molecule has 0 unspecified atom stereocenters. The summed E-state index contributed by atoms with van der Waals surface area (Å²) in [5.74, 6) is 0.815. The number of primary amides is 1. The molecule has 29 heavy (non-hydrogen) atoms. The van der Waals surface area contributed by atoms with E-state index in [1.54, 1.807) is 22.7 Å². The summed E-state index contributed by atoms with van der Waals surface area (Å²) in [6.45, 7) is 0.313. The van der Waals surface area contributed by atoms with Crippen molar-refractivity contribution in [2.45, 2.75) is 18.6 Å². The summed E-state index contributed by atoms with van der Waals surface area (Å²) in [7, 11) is 0. The van der Waals surface area contributed by atoms with Gasteiger partial charge in [0, 0.05) is 23.9 Å². The SMILES string of the molecule is NC(=O)[C@@H]1C[C@@H](O)CN1c1nc(-c2cccs2)nc2scc(-c3ccccc3)c12. The van der Waals surface area contributed by atoms with E-state index in [1.165, 1.54) is 0 Å². The molecule has 2 atom stereocenters. The Kier molecular flexibility index (Phi) is 4.54. The average Bonchev–Trinajstić information content (AvgIpc) is 3.47. The smallest absolute Gasteiger partial charge is 0.240 e. The van der Waals surface area contributed by atoms with E-state index in [1.807, 2.05) is 52.7 Å². The van der Waals surface area contributed by atoms with E-state index in [0.717, 1.165) is 26.2 Å². The molecule has 4 heterocycles. The van der Waals surface area contributed by atoms with Crippen LogP contribution in [0.25, 0.3) is 32.0 Å². The molecule has 6 nitrogen and oxygen atoms in total. The number of thiophene rings is 2. The highest BCUT2D eigenvalue weighted by atomic mass is 32.1. The Hall–Kier alpha value is -2.81. The van der Waals surface area contributed by atoms with Gasteiger partial charge in [0.15, 0.2) is 5.82 Å². The van der Waals surface area contributed by atoms with Crippen LogP contribution in [0.1, 0.15) is 6.42 Å². The minimum Gasteiger partial charge on any atom is -0.391 e. The molecule has 5 rings (SSSR count). The van der Waals surface area contributed by atoms with Crippen molar-refractivity contribution in [1.29, 1.82) is 0 Å². The molecule has 0 radical (unpaired) electrons. The fourth-order valence-electron chi connectivity index (χ4n) is 3.80. The number of rotatable bonds is 4. The lowest BCUT2D eigenvalue weighted by Gasteiger charge is -2.24. The number of hydrogen-bond donors (Lipinski definition) is 2. The number of β-amino-alcohol motifs (C(OH)–C–C–N with tert-alkyl or cyclic N) is 1. The molecule has 3 N–H and O–H groups in total. The highest BCUT2D eigenvalue weighted by molar-refractivity contribution is 7.17. The van der Waals surface area contributed by atoms with Crippen LogP contribution in [0.3, 0.4) is 0 Å². The van der Waals surface area contributed by atoms with Gasteiger partial charge in [-0.05, 0) is 17.0 Å². The minimum atomic E-state index is -0.624. The first-order valence-corrected chi connectivity index (χ1v) is 11.0. The van der Waals surface area contributed by atoms with Crippen LogP contribution < -0.4 is 10.6 Å². The third-order valence-corrected chi connectivity index (χ3v) is 6.86. The molecule has 0 saturated carbocycles. The van der Waals surface area contributed by atoms with Gasteiger partial charge in [-0.3, -0.25) is 4.79 Å². The number of nitrogens with zero attached hydrogens (tertiary/aromatic N) is 3. The lowest BCUT2D eigenvalue weighted by molar-refractivity contribution is -0.119. The number of fused-ring (bicyclic) bond motifs is 1. The summed E-state index contributed by atoms with van der Waals surface area (Å²) >= 11 is 3.12. The molecule has 1 aliphatic rings.